The molecule has 0 aliphatic heterocycles. The standard InChI is InChI=1S/C15H16BrNO3/c16-11-7-5-10(6-8-11)9-17-14(18)12-3-1-2-4-13(12)15(19)20/h1-2,5-8,12-13H,3-4,9H2,(H,17,18)(H,19,20)/t12-,13+/m1/s1. The molecular weight excluding hydrogens is 322 g/mol. The highest BCUT2D eigenvalue weighted by Crippen LogP contribution is 2.26. The van der Waals surface area contributed by atoms with Crippen LogP contribution in [0.25, 0.3) is 0 Å². The molecule has 0 unspecified atom stereocenters. The molecule has 20 heavy (non-hydrogen) atoms. The maximum atomic E-state index is 12.1. The Morgan fingerprint density at radius 3 is 2.35 bits per heavy atom. The van der Waals surface area contributed by atoms with Crippen molar-refractivity contribution < 1.29 is 14.7 Å². The van der Waals surface area contributed by atoms with Crippen LogP contribution in [0.15, 0.2) is 40.9 Å². The zero-order valence-corrected chi connectivity index (χ0v) is 12.5. The van der Waals surface area contributed by atoms with E-state index in [1.807, 2.05) is 36.4 Å². The number of allylic oxidation sites excluding steroid dienone is 2. The van der Waals surface area contributed by atoms with Gasteiger partial charge in [0.1, 0.15) is 0 Å². The van der Waals surface area contributed by atoms with Crippen LogP contribution in [0.3, 0.4) is 0 Å². The molecule has 0 radical (unpaired) electrons. The van der Waals surface area contributed by atoms with Crippen LogP contribution in [0.2, 0.25) is 0 Å². The van der Waals surface area contributed by atoms with E-state index in [1.54, 1.807) is 0 Å². The Morgan fingerprint density at radius 1 is 1.15 bits per heavy atom. The van der Waals surface area contributed by atoms with Crippen LogP contribution >= 0.6 is 15.9 Å². The summed E-state index contributed by atoms with van der Waals surface area (Å²) >= 11 is 3.35. The number of aliphatic carboxylic acids is 1. The van der Waals surface area contributed by atoms with E-state index in [1.165, 1.54) is 0 Å². The summed E-state index contributed by atoms with van der Waals surface area (Å²) in [6.07, 6.45) is 4.62. The molecule has 1 aliphatic carbocycles. The predicted octanol–water partition coefficient (Wildman–Crippen LogP) is 2.73. The topological polar surface area (TPSA) is 66.4 Å². The van der Waals surface area contributed by atoms with Crippen LogP contribution in [-0.2, 0) is 16.1 Å². The first-order chi connectivity index (χ1) is 9.58. The second-order valence-electron chi connectivity index (χ2n) is 4.84. The largest absolute Gasteiger partial charge is 0.481 e. The van der Waals surface area contributed by atoms with E-state index < -0.39 is 17.8 Å². The van der Waals surface area contributed by atoms with Gasteiger partial charge in [-0.1, -0.05) is 40.2 Å². The molecule has 1 aliphatic rings. The number of rotatable bonds is 4. The van der Waals surface area contributed by atoms with E-state index in [0.717, 1.165) is 10.0 Å². The third-order valence-corrected chi connectivity index (χ3v) is 4.00. The van der Waals surface area contributed by atoms with Crippen molar-refractivity contribution in [3.8, 4) is 0 Å². The zero-order valence-electron chi connectivity index (χ0n) is 10.9. The number of halogens is 1. The van der Waals surface area contributed by atoms with Gasteiger partial charge < -0.3 is 10.4 Å². The van der Waals surface area contributed by atoms with E-state index in [4.69, 9.17) is 5.11 Å². The lowest BCUT2D eigenvalue weighted by molar-refractivity contribution is -0.147. The lowest BCUT2D eigenvalue weighted by Gasteiger charge is -2.24. The molecule has 1 aromatic rings. The summed E-state index contributed by atoms with van der Waals surface area (Å²) in [5, 5.41) is 12.0. The highest BCUT2D eigenvalue weighted by Gasteiger charge is 2.33. The first-order valence-corrected chi connectivity index (χ1v) is 7.27. The summed E-state index contributed by atoms with van der Waals surface area (Å²) in [7, 11) is 0. The SMILES string of the molecule is O=C(O)[C@H]1CC=CC[C@H]1C(=O)NCc1ccc(Br)cc1. The third-order valence-electron chi connectivity index (χ3n) is 3.47. The minimum Gasteiger partial charge on any atom is -0.481 e. The molecule has 5 heteroatoms. The minimum atomic E-state index is -0.904. The van der Waals surface area contributed by atoms with Gasteiger partial charge in [0.25, 0.3) is 0 Å². The van der Waals surface area contributed by atoms with Crippen molar-refractivity contribution in [1.82, 2.24) is 5.32 Å². The maximum absolute atomic E-state index is 12.1. The smallest absolute Gasteiger partial charge is 0.307 e. The van der Waals surface area contributed by atoms with Crippen molar-refractivity contribution in [2.45, 2.75) is 19.4 Å². The lowest BCUT2D eigenvalue weighted by atomic mass is 9.82. The van der Waals surface area contributed by atoms with Gasteiger partial charge in [-0.3, -0.25) is 9.59 Å². The lowest BCUT2D eigenvalue weighted by Crippen LogP contribution is -2.38. The summed E-state index contributed by atoms with van der Waals surface area (Å²) in [5.41, 5.74) is 0.986. The average Bonchev–Trinajstić information content (AvgIpc) is 2.46. The molecule has 2 N–H and O–H groups in total. The van der Waals surface area contributed by atoms with Gasteiger partial charge in [0.2, 0.25) is 5.91 Å². The highest BCUT2D eigenvalue weighted by atomic mass is 79.9. The van der Waals surface area contributed by atoms with Crippen molar-refractivity contribution in [1.29, 1.82) is 0 Å². The average molecular weight is 338 g/mol. The first-order valence-electron chi connectivity index (χ1n) is 6.48. The molecule has 2 rings (SSSR count). The number of carboxylic acid groups (broad SMARTS) is 1. The molecule has 1 amide bonds. The van der Waals surface area contributed by atoms with Crippen LogP contribution in [-0.4, -0.2) is 17.0 Å². The van der Waals surface area contributed by atoms with Crippen molar-refractivity contribution in [3.63, 3.8) is 0 Å². The zero-order chi connectivity index (χ0) is 14.5. The number of carbonyl (C=O) groups is 2. The molecule has 4 nitrogen and oxygen atoms in total. The summed E-state index contributed by atoms with van der Waals surface area (Å²) in [6.45, 7) is 0.415. The number of amides is 1. The normalized spacial score (nSPS) is 21.4. The van der Waals surface area contributed by atoms with Crippen LogP contribution in [0.5, 0.6) is 0 Å². The summed E-state index contributed by atoms with van der Waals surface area (Å²) in [6, 6.07) is 7.65. The van der Waals surface area contributed by atoms with E-state index >= 15 is 0 Å². The van der Waals surface area contributed by atoms with Crippen molar-refractivity contribution in [3.05, 3.63) is 46.5 Å². The molecule has 0 bridgehead atoms. The van der Waals surface area contributed by atoms with Crippen LogP contribution in [0, 0.1) is 11.8 Å². The quantitative estimate of drug-likeness (QED) is 0.830. The molecule has 0 aromatic heterocycles. The number of carboxylic acids is 1. The number of hydrogen-bond acceptors (Lipinski definition) is 2. The van der Waals surface area contributed by atoms with Crippen molar-refractivity contribution >= 4 is 27.8 Å². The minimum absolute atomic E-state index is 0.190. The van der Waals surface area contributed by atoms with Gasteiger partial charge in [0.15, 0.2) is 0 Å². The van der Waals surface area contributed by atoms with Gasteiger partial charge in [-0.05, 0) is 30.5 Å². The van der Waals surface area contributed by atoms with Gasteiger partial charge in [-0.25, -0.2) is 0 Å². The number of hydrogen-bond donors (Lipinski definition) is 2. The fourth-order valence-electron chi connectivity index (χ4n) is 2.30. The first kappa shape index (κ1) is 14.8. The second kappa shape index (κ2) is 6.70. The highest BCUT2D eigenvalue weighted by molar-refractivity contribution is 9.10. The van der Waals surface area contributed by atoms with E-state index in [-0.39, 0.29) is 5.91 Å². The van der Waals surface area contributed by atoms with Gasteiger partial charge in [-0.2, -0.15) is 0 Å². The number of nitrogens with one attached hydrogen (secondary N) is 1. The summed E-state index contributed by atoms with van der Waals surface area (Å²) in [5.74, 6) is -2.19. The second-order valence-corrected chi connectivity index (χ2v) is 5.75. The molecule has 1 aromatic carbocycles. The fraction of sp³-hybridized carbons (Fsp3) is 0.333. The monoisotopic (exact) mass is 337 g/mol. The Morgan fingerprint density at radius 2 is 1.75 bits per heavy atom. The van der Waals surface area contributed by atoms with Crippen molar-refractivity contribution in [2.75, 3.05) is 0 Å². The van der Waals surface area contributed by atoms with E-state index in [2.05, 4.69) is 21.2 Å². The van der Waals surface area contributed by atoms with Gasteiger partial charge in [-0.15, -0.1) is 0 Å². The molecule has 2 atom stereocenters. The van der Waals surface area contributed by atoms with E-state index in [0.29, 0.717) is 19.4 Å². The van der Waals surface area contributed by atoms with Crippen LogP contribution in [0.1, 0.15) is 18.4 Å². The molecule has 0 saturated heterocycles. The Bertz CT molecular complexity index is 524. The van der Waals surface area contributed by atoms with Crippen molar-refractivity contribution in [2.24, 2.45) is 11.8 Å². The van der Waals surface area contributed by atoms with E-state index in [9.17, 15) is 9.59 Å². The van der Waals surface area contributed by atoms with Gasteiger partial charge >= 0.3 is 5.97 Å². The summed E-state index contributed by atoms with van der Waals surface area (Å²) in [4.78, 5) is 23.3. The molecule has 0 saturated carbocycles. The van der Waals surface area contributed by atoms with Gasteiger partial charge in [0, 0.05) is 11.0 Å². The predicted molar refractivity (Wildman–Crippen MR) is 79.0 cm³/mol. The van der Waals surface area contributed by atoms with Crippen LogP contribution < -0.4 is 5.32 Å². The summed E-state index contributed by atoms with van der Waals surface area (Å²) < 4.78 is 0.982. The van der Waals surface area contributed by atoms with Gasteiger partial charge in [0.05, 0.1) is 11.8 Å². The Kier molecular flexibility index (Phi) is 4.95. The Labute approximate surface area is 126 Å². The molecule has 0 fully saturated rings. The fourth-order valence-corrected chi connectivity index (χ4v) is 2.56. The molecule has 0 spiro atoms. The maximum Gasteiger partial charge on any atom is 0.307 e. The Balaban J connectivity index is 1.95. The Hall–Kier alpha value is -1.62. The third kappa shape index (κ3) is 3.70. The molecule has 106 valence electrons. The number of carbonyl (C=O) groups excluding carboxylic acids is 1. The van der Waals surface area contributed by atoms with Crippen LogP contribution in [0.4, 0.5) is 0 Å². The molecule has 0 heterocycles. The molecular formula is C15H16BrNO3. The number of benzene rings is 1.